The Bertz CT molecular complexity index is 497. The number of halogens is 1. The summed E-state index contributed by atoms with van der Waals surface area (Å²) in [7, 11) is 1.33. The first kappa shape index (κ1) is 16.2. The molecule has 21 heavy (non-hydrogen) atoms. The molecule has 1 aromatic carbocycles. The number of carbonyl (C=O) groups excluding carboxylic acids is 2. The summed E-state index contributed by atoms with van der Waals surface area (Å²) in [4.78, 5) is 24.0. The lowest BCUT2D eigenvalue weighted by Gasteiger charge is -2.18. The van der Waals surface area contributed by atoms with Crippen LogP contribution >= 0.6 is 22.6 Å². The van der Waals surface area contributed by atoms with Gasteiger partial charge in [0.15, 0.2) is 0 Å². The zero-order valence-electron chi connectivity index (χ0n) is 11.8. The normalized spacial score (nSPS) is 19.0. The molecule has 1 aromatic rings. The minimum absolute atomic E-state index is 0.145. The quantitative estimate of drug-likeness (QED) is 0.599. The van der Waals surface area contributed by atoms with Crippen LogP contribution in [0.4, 0.5) is 0 Å². The summed E-state index contributed by atoms with van der Waals surface area (Å²) in [5.41, 5.74) is 0.980. The Hall–Kier alpha value is -1.15. The van der Waals surface area contributed by atoms with E-state index in [1.807, 2.05) is 24.3 Å². The Labute approximate surface area is 137 Å². The molecule has 1 fully saturated rings. The van der Waals surface area contributed by atoms with E-state index < -0.39 is 12.0 Å². The molecule has 1 aliphatic rings. The van der Waals surface area contributed by atoms with Gasteiger partial charge in [-0.15, -0.1) is 0 Å². The highest BCUT2D eigenvalue weighted by Gasteiger charge is 2.28. The molecule has 0 saturated carbocycles. The fourth-order valence-electron chi connectivity index (χ4n) is 2.22. The summed E-state index contributed by atoms with van der Waals surface area (Å²) in [6.07, 6.45) is 1.12. The molecule has 0 unspecified atom stereocenters. The van der Waals surface area contributed by atoms with E-state index >= 15 is 0 Å². The van der Waals surface area contributed by atoms with Crippen LogP contribution in [0.25, 0.3) is 0 Å². The van der Waals surface area contributed by atoms with E-state index in [0.29, 0.717) is 26.1 Å². The van der Waals surface area contributed by atoms with Gasteiger partial charge in [0.2, 0.25) is 5.91 Å². The first-order valence-electron chi connectivity index (χ1n) is 6.80. The van der Waals surface area contributed by atoms with E-state index in [4.69, 9.17) is 9.47 Å². The average molecular weight is 403 g/mol. The molecule has 2 rings (SSSR count). The van der Waals surface area contributed by atoms with Gasteiger partial charge in [0.1, 0.15) is 6.04 Å². The molecule has 0 bridgehead atoms. The molecule has 1 saturated heterocycles. The zero-order valence-corrected chi connectivity index (χ0v) is 14.0. The van der Waals surface area contributed by atoms with E-state index in [0.717, 1.165) is 9.13 Å². The van der Waals surface area contributed by atoms with Crippen molar-refractivity contribution in [2.45, 2.75) is 18.9 Å². The summed E-state index contributed by atoms with van der Waals surface area (Å²) in [6, 6.07) is 7.17. The molecular formula is C15H18INO4. The highest BCUT2D eigenvalue weighted by molar-refractivity contribution is 14.1. The molecule has 1 aliphatic heterocycles. The Kier molecular flexibility index (Phi) is 5.98. The molecular weight excluding hydrogens is 385 g/mol. The van der Waals surface area contributed by atoms with Gasteiger partial charge in [0, 0.05) is 16.6 Å². The molecule has 0 aromatic heterocycles. The summed E-state index contributed by atoms with van der Waals surface area (Å²) in [5.74, 6) is -0.747. The maximum Gasteiger partial charge on any atom is 0.328 e. The average Bonchev–Trinajstić information content (AvgIpc) is 3.02. The molecule has 0 aliphatic carbocycles. The highest BCUT2D eigenvalue weighted by Crippen LogP contribution is 2.14. The lowest BCUT2D eigenvalue weighted by atomic mass is 10.0. The first-order valence-corrected chi connectivity index (χ1v) is 7.88. The molecule has 114 valence electrons. The van der Waals surface area contributed by atoms with Gasteiger partial charge in [-0.2, -0.15) is 0 Å². The Morgan fingerprint density at radius 1 is 1.43 bits per heavy atom. The minimum Gasteiger partial charge on any atom is -0.467 e. The maximum atomic E-state index is 12.1. The molecule has 2 atom stereocenters. The summed E-state index contributed by atoms with van der Waals surface area (Å²) < 4.78 is 11.1. The number of nitrogens with one attached hydrogen (secondary N) is 1. The first-order chi connectivity index (χ1) is 10.1. The van der Waals surface area contributed by atoms with Crippen molar-refractivity contribution in [2.24, 2.45) is 5.92 Å². The van der Waals surface area contributed by atoms with Gasteiger partial charge in [0.05, 0.1) is 19.6 Å². The monoisotopic (exact) mass is 403 g/mol. The van der Waals surface area contributed by atoms with Crippen molar-refractivity contribution in [3.8, 4) is 0 Å². The van der Waals surface area contributed by atoms with Gasteiger partial charge in [-0.3, -0.25) is 4.79 Å². The van der Waals surface area contributed by atoms with Crippen LogP contribution in [0.1, 0.15) is 12.0 Å². The number of rotatable bonds is 5. The summed E-state index contributed by atoms with van der Waals surface area (Å²) in [5, 5.41) is 2.78. The second kappa shape index (κ2) is 7.74. The van der Waals surface area contributed by atoms with Crippen LogP contribution in [0.3, 0.4) is 0 Å². The number of ether oxygens (including phenoxy) is 2. The molecule has 6 heteroatoms. The number of hydrogen-bond acceptors (Lipinski definition) is 4. The van der Waals surface area contributed by atoms with E-state index in [1.54, 1.807) is 0 Å². The van der Waals surface area contributed by atoms with Gasteiger partial charge in [0.25, 0.3) is 0 Å². The third kappa shape index (κ3) is 4.67. The minimum atomic E-state index is -0.664. The van der Waals surface area contributed by atoms with Crippen molar-refractivity contribution < 1.29 is 19.1 Å². The SMILES string of the molecule is COC(=O)[C@@H](Cc1ccc(I)cc1)NC(=O)[C@@H]1CCOC1. The van der Waals surface area contributed by atoms with Crippen molar-refractivity contribution in [1.29, 1.82) is 0 Å². The standard InChI is InChI=1S/C15H18INO4/c1-20-15(19)13(8-10-2-4-12(16)5-3-10)17-14(18)11-6-7-21-9-11/h2-5,11,13H,6-9H2,1H3,(H,17,18)/t11-,13-/m1/s1. The Balaban J connectivity index is 2.01. The van der Waals surface area contributed by atoms with Crippen molar-refractivity contribution in [1.82, 2.24) is 5.32 Å². The van der Waals surface area contributed by atoms with Crippen LogP contribution in [0.5, 0.6) is 0 Å². The fourth-order valence-corrected chi connectivity index (χ4v) is 2.58. The van der Waals surface area contributed by atoms with Crippen molar-refractivity contribution in [3.63, 3.8) is 0 Å². The third-order valence-corrected chi connectivity index (χ3v) is 4.17. The number of amides is 1. The van der Waals surface area contributed by atoms with Gasteiger partial charge in [-0.1, -0.05) is 12.1 Å². The number of benzene rings is 1. The second-order valence-corrected chi connectivity index (χ2v) is 6.22. The molecule has 1 heterocycles. The smallest absolute Gasteiger partial charge is 0.328 e. The third-order valence-electron chi connectivity index (χ3n) is 3.46. The zero-order chi connectivity index (χ0) is 15.2. The number of hydrogen-bond donors (Lipinski definition) is 1. The van der Waals surface area contributed by atoms with Crippen LogP contribution < -0.4 is 5.32 Å². The summed E-state index contributed by atoms with van der Waals surface area (Å²) in [6.45, 7) is 1.02. The van der Waals surface area contributed by atoms with Crippen molar-refractivity contribution in [2.75, 3.05) is 20.3 Å². The van der Waals surface area contributed by atoms with E-state index in [2.05, 4.69) is 27.9 Å². The number of esters is 1. The van der Waals surface area contributed by atoms with E-state index in [9.17, 15) is 9.59 Å². The lowest BCUT2D eigenvalue weighted by Crippen LogP contribution is -2.45. The van der Waals surface area contributed by atoms with Crippen molar-refractivity contribution >= 4 is 34.5 Å². The fraction of sp³-hybridized carbons (Fsp3) is 0.467. The van der Waals surface area contributed by atoms with Gasteiger partial charge in [-0.05, 0) is 46.7 Å². The summed E-state index contributed by atoms with van der Waals surface area (Å²) >= 11 is 2.22. The topological polar surface area (TPSA) is 64.6 Å². The van der Waals surface area contributed by atoms with Crippen LogP contribution in [-0.2, 0) is 25.5 Å². The predicted molar refractivity (Wildman–Crippen MR) is 85.7 cm³/mol. The van der Waals surface area contributed by atoms with Crippen LogP contribution in [0.2, 0.25) is 0 Å². The Morgan fingerprint density at radius 2 is 2.14 bits per heavy atom. The maximum absolute atomic E-state index is 12.1. The molecule has 1 N–H and O–H groups in total. The number of methoxy groups -OCH3 is 1. The highest BCUT2D eigenvalue weighted by atomic mass is 127. The van der Waals surface area contributed by atoms with Gasteiger partial charge < -0.3 is 14.8 Å². The lowest BCUT2D eigenvalue weighted by molar-refractivity contribution is -0.145. The Morgan fingerprint density at radius 3 is 2.71 bits per heavy atom. The molecule has 0 spiro atoms. The van der Waals surface area contributed by atoms with E-state index in [-0.39, 0.29) is 11.8 Å². The van der Waals surface area contributed by atoms with Crippen LogP contribution in [-0.4, -0.2) is 38.2 Å². The van der Waals surface area contributed by atoms with E-state index in [1.165, 1.54) is 7.11 Å². The molecule has 5 nitrogen and oxygen atoms in total. The van der Waals surface area contributed by atoms with Crippen LogP contribution in [0.15, 0.2) is 24.3 Å². The van der Waals surface area contributed by atoms with Crippen molar-refractivity contribution in [3.05, 3.63) is 33.4 Å². The molecule has 1 amide bonds. The largest absolute Gasteiger partial charge is 0.467 e. The van der Waals surface area contributed by atoms with Crippen LogP contribution in [0, 0.1) is 9.49 Å². The second-order valence-electron chi connectivity index (χ2n) is 4.98. The van der Waals surface area contributed by atoms with Gasteiger partial charge >= 0.3 is 5.97 Å². The number of carbonyl (C=O) groups is 2. The van der Waals surface area contributed by atoms with Gasteiger partial charge in [-0.25, -0.2) is 4.79 Å². The predicted octanol–water partition coefficient (Wildman–Crippen LogP) is 1.53. The molecule has 0 radical (unpaired) electrons.